The quantitative estimate of drug-likeness (QED) is 0.452. The van der Waals surface area contributed by atoms with E-state index < -0.39 is 22.1 Å². The Morgan fingerprint density at radius 1 is 1.41 bits per heavy atom. The molecule has 0 atom stereocenters. The van der Waals surface area contributed by atoms with Crippen molar-refractivity contribution in [2.45, 2.75) is 0 Å². The van der Waals surface area contributed by atoms with Crippen LogP contribution in [0, 0.1) is 10.1 Å². The first-order valence-corrected chi connectivity index (χ1v) is 4.55. The summed E-state index contributed by atoms with van der Waals surface area (Å²) in [7, 11) is 1.66. The van der Waals surface area contributed by atoms with Crippen LogP contribution >= 0.6 is 0 Å². The molecule has 2 N–H and O–H groups in total. The van der Waals surface area contributed by atoms with Crippen LogP contribution in [-0.2, 0) is 7.05 Å². The van der Waals surface area contributed by atoms with E-state index in [1.807, 2.05) is 0 Å². The molecule has 8 nitrogen and oxygen atoms in total. The number of nitro groups is 1. The molecule has 0 aliphatic rings. The molecule has 0 spiro atoms. The Labute approximate surface area is 94.9 Å². The zero-order valence-corrected chi connectivity index (χ0v) is 8.73. The van der Waals surface area contributed by atoms with Gasteiger partial charge in [-0.05, 0) is 6.07 Å². The third-order valence-corrected chi connectivity index (χ3v) is 2.24. The maximum absolute atomic E-state index is 10.7. The monoisotopic (exact) mass is 236 g/mol. The molecule has 2 aromatic rings. The predicted octanol–water partition coefficient (Wildman–Crippen LogP) is 0.801. The Balaban J connectivity index is 2.65. The van der Waals surface area contributed by atoms with Crippen LogP contribution < -0.4 is 0 Å². The lowest BCUT2D eigenvalue weighted by molar-refractivity contribution is -0.385. The first-order chi connectivity index (χ1) is 8.00. The molecule has 0 saturated heterocycles. The number of phenolic OH excluding ortho intramolecular Hbond substituents is 2. The summed E-state index contributed by atoms with van der Waals surface area (Å²) in [6.45, 7) is 0. The van der Waals surface area contributed by atoms with E-state index >= 15 is 0 Å². The highest BCUT2D eigenvalue weighted by Gasteiger charge is 2.20. The van der Waals surface area contributed by atoms with Gasteiger partial charge in [0.2, 0.25) is 5.75 Å². The van der Waals surface area contributed by atoms with Gasteiger partial charge in [0.05, 0.1) is 4.92 Å². The fourth-order valence-electron chi connectivity index (χ4n) is 1.42. The largest absolute Gasteiger partial charge is 0.504 e. The van der Waals surface area contributed by atoms with Gasteiger partial charge in [-0.2, -0.15) is 0 Å². The van der Waals surface area contributed by atoms with Gasteiger partial charge in [-0.3, -0.25) is 10.1 Å². The topological polar surface area (TPSA) is 114 Å². The Morgan fingerprint density at radius 2 is 2.12 bits per heavy atom. The van der Waals surface area contributed by atoms with E-state index in [0.29, 0.717) is 11.4 Å². The smallest absolute Gasteiger partial charge is 0.315 e. The zero-order valence-electron chi connectivity index (χ0n) is 8.73. The van der Waals surface area contributed by atoms with Gasteiger partial charge in [-0.15, -0.1) is 10.2 Å². The summed E-state index contributed by atoms with van der Waals surface area (Å²) >= 11 is 0. The molecule has 0 aliphatic heterocycles. The molecule has 0 aliphatic carbocycles. The summed E-state index contributed by atoms with van der Waals surface area (Å²) in [4.78, 5) is 9.89. The molecule has 0 radical (unpaired) electrons. The van der Waals surface area contributed by atoms with E-state index in [9.17, 15) is 20.3 Å². The molecule has 88 valence electrons. The summed E-state index contributed by atoms with van der Waals surface area (Å²) in [6, 6.07) is 2.31. The van der Waals surface area contributed by atoms with E-state index in [4.69, 9.17) is 0 Å². The molecule has 1 heterocycles. The van der Waals surface area contributed by atoms with Gasteiger partial charge in [0.1, 0.15) is 6.33 Å². The van der Waals surface area contributed by atoms with Crippen LogP contribution in [-0.4, -0.2) is 29.9 Å². The van der Waals surface area contributed by atoms with E-state index in [-0.39, 0.29) is 0 Å². The molecule has 0 amide bonds. The number of nitrogens with zero attached hydrogens (tertiary/aromatic N) is 4. The molecule has 2 rings (SSSR count). The summed E-state index contributed by atoms with van der Waals surface area (Å²) in [5.74, 6) is -0.985. The highest BCUT2D eigenvalue weighted by molar-refractivity contribution is 5.68. The van der Waals surface area contributed by atoms with Crippen molar-refractivity contribution < 1.29 is 15.1 Å². The number of hydrogen-bond acceptors (Lipinski definition) is 6. The first kappa shape index (κ1) is 10.9. The average molecular weight is 236 g/mol. The van der Waals surface area contributed by atoms with E-state index in [1.54, 1.807) is 7.05 Å². The minimum atomic E-state index is -0.783. The van der Waals surface area contributed by atoms with Crippen molar-refractivity contribution in [3.05, 3.63) is 28.6 Å². The van der Waals surface area contributed by atoms with Crippen molar-refractivity contribution in [2.24, 2.45) is 7.05 Å². The fraction of sp³-hybridized carbons (Fsp3) is 0.111. The number of aromatic nitrogens is 3. The summed E-state index contributed by atoms with van der Waals surface area (Å²) in [5, 5.41) is 36.8. The van der Waals surface area contributed by atoms with E-state index in [0.717, 1.165) is 6.07 Å². The Kier molecular flexibility index (Phi) is 2.39. The van der Waals surface area contributed by atoms with Crippen LogP contribution in [0.3, 0.4) is 0 Å². The second-order valence-corrected chi connectivity index (χ2v) is 3.39. The predicted molar refractivity (Wildman–Crippen MR) is 56.4 cm³/mol. The molecular formula is C9H8N4O4. The molecule has 0 bridgehead atoms. The molecule has 0 unspecified atom stereocenters. The van der Waals surface area contributed by atoms with Crippen molar-refractivity contribution in [3.63, 3.8) is 0 Å². The minimum absolute atomic E-state index is 0.298. The highest BCUT2D eigenvalue weighted by Crippen LogP contribution is 2.38. The number of aromatic hydroxyl groups is 2. The Morgan fingerprint density at radius 3 is 2.65 bits per heavy atom. The third kappa shape index (κ3) is 1.75. The van der Waals surface area contributed by atoms with Gasteiger partial charge in [0.15, 0.2) is 11.6 Å². The molecule has 0 fully saturated rings. The van der Waals surface area contributed by atoms with Crippen LogP contribution in [0.4, 0.5) is 5.69 Å². The molecule has 8 heteroatoms. The van der Waals surface area contributed by atoms with Crippen LogP contribution in [0.2, 0.25) is 0 Å². The lowest BCUT2D eigenvalue weighted by Gasteiger charge is -2.03. The minimum Gasteiger partial charge on any atom is -0.504 e. The Hall–Kier alpha value is -2.64. The lowest BCUT2D eigenvalue weighted by atomic mass is 10.1. The van der Waals surface area contributed by atoms with Gasteiger partial charge in [0.25, 0.3) is 0 Å². The number of phenols is 2. The van der Waals surface area contributed by atoms with E-state index in [2.05, 4.69) is 10.2 Å². The second kappa shape index (κ2) is 3.74. The molecular weight excluding hydrogens is 228 g/mol. The van der Waals surface area contributed by atoms with Gasteiger partial charge in [-0.25, -0.2) is 0 Å². The first-order valence-electron chi connectivity index (χ1n) is 4.55. The van der Waals surface area contributed by atoms with Crippen molar-refractivity contribution >= 4 is 5.69 Å². The third-order valence-electron chi connectivity index (χ3n) is 2.24. The number of hydrogen-bond donors (Lipinski definition) is 2. The maximum Gasteiger partial charge on any atom is 0.315 e. The van der Waals surface area contributed by atoms with Crippen LogP contribution in [0.5, 0.6) is 11.5 Å². The Bertz CT molecular complexity index is 593. The number of nitro benzene ring substituents is 1. The number of rotatable bonds is 2. The van der Waals surface area contributed by atoms with Crippen LogP contribution in [0.25, 0.3) is 11.4 Å². The van der Waals surface area contributed by atoms with Crippen molar-refractivity contribution in [3.8, 4) is 22.9 Å². The van der Waals surface area contributed by atoms with Gasteiger partial charge >= 0.3 is 5.69 Å². The highest BCUT2D eigenvalue weighted by atomic mass is 16.6. The fourth-order valence-corrected chi connectivity index (χ4v) is 1.42. The summed E-state index contributed by atoms with van der Waals surface area (Å²) in [5.41, 5.74) is -0.282. The summed E-state index contributed by atoms with van der Waals surface area (Å²) < 4.78 is 1.54. The normalized spacial score (nSPS) is 10.4. The van der Waals surface area contributed by atoms with Crippen LogP contribution in [0.1, 0.15) is 0 Å². The standard InChI is InChI=1S/C9H8N4O4/c1-12-4-10-11-9(12)5-2-6(13(16)17)8(15)7(14)3-5/h2-4,14-15H,1H3. The summed E-state index contributed by atoms with van der Waals surface area (Å²) in [6.07, 6.45) is 1.42. The van der Waals surface area contributed by atoms with Gasteiger partial charge in [-0.1, -0.05) is 0 Å². The second-order valence-electron chi connectivity index (χ2n) is 3.39. The maximum atomic E-state index is 10.7. The molecule has 1 aromatic heterocycles. The SMILES string of the molecule is Cn1cnnc1-c1cc(O)c(O)c([N+](=O)[O-])c1. The average Bonchev–Trinajstić information content (AvgIpc) is 2.68. The van der Waals surface area contributed by atoms with Gasteiger partial charge in [0, 0.05) is 18.7 Å². The molecule has 17 heavy (non-hydrogen) atoms. The van der Waals surface area contributed by atoms with E-state index in [1.165, 1.54) is 17.0 Å². The number of benzene rings is 1. The molecule has 0 saturated carbocycles. The van der Waals surface area contributed by atoms with Crippen LogP contribution in [0.15, 0.2) is 18.5 Å². The van der Waals surface area contributed by atoms with Gasteiger partial charge < -0.3 is 14.8 Å². The van der Waals surface area contributed by atoms with Crippen molar-refractivity contribution in [1.82, 2.24) is 14.8 Å². The van der Waals surface area contributed by atoms with Crippen molar-refractivity contribution in [1.29, 1.82) is 0 Å². The molecule has 1 aromatic carbocycles. The van der Waals surface area contributed by atoms with Crippen molar-refractivity contribution in [2.75, 3.05) is 0 Å². The number of aryl methyl sites for hydroxylation is 1. The lowest BCUT2D eigenvalue weighted by Crippen LogP contribution is -1.94. The zero-order chi connectivity index (χ0) is 12.6.